The molecule has 9 nitrogen and oxygen atoms in total. The molecule has 1 aliphatic carbocycles. The third-order valence-electron chi connectivity index (χ3n) is 6.20. The number of sulfonamides is 1. The van der Waals surface area contributed by atoms with Gasteiger partial charge in [0.25, 0.3) is 15.9 Å². The fourth-order valence-electron chi connectivity index (χ4n) is 4.38. The molecule has 184 valence electrons. The van der Waals surface area contributed by atoms with Gasteiger partial charge in [0.2, 0.25) is 0 Å². The van der Waals surface area contributed by atoms with E-state index in [4.69, 9.17) is 10.5 Å². The van der Waals surface area contributed by atoms with E-state index in [-0.39, 0.29) is 36.0 Å². The van der Waals surface area contributed by atoms with E-state index in [9.17, 15) is 18.0 Å². The largest absolute Gasteiger partial charge is 0.444 e. The molecule has 2 amide bonds. The monoisotopic (exact) mass is 506 g/mol. The zero-order valence-electron chi connectivity index (χ0n) is 18.8. The lowest BCUT2D eigenvalue weighted by Crippen LogP contribution is -2.64. The highest BCUT2D eigenvalue weighted by Crippen LogP contribution is 2.28. The average Bonchev–Trinajstić information content (AvgIpc) is 3.40. The molecular formula is C23H30N4O5S2. The molecule has 34 heavy (non-hydrogen) atoms. The molecule has 1 atom stereocenters. The van der Waals surface area contributed by atoms with Crippen LogP contribution in [0.4, 0.5) is 4.79 Å². The van der Waals surface area contributed by atoms with Crippen molar-refractivity contribution in [2.24, 2.45) is 5.73 Å². The molecule has 2 fully saturated rings. The summed E-state index contributed by atoms with van der Waals surface area (Å²) in [5, 5.41) is 4.64. The second-order valence-corrected chi connectivity index (χ2v) is 11.7. The minimum Gasteiger partial charge on any atom is -0.444 e. The van der Waals surface area contributed by atoms with Crippen LogP contribution in [-0.2, 0) is 26.2 Å². The third kappa shape index (κ3) is 5.60. The number of nitrogens with one attached hydrogen (secondary N) is 1. The standard InChI is InChI=1S/C23H30N4O5S2/c24-18-9-11-19(12-10-18)25-21(28)22-26(23(29)32-16-17-6-2-1-3-7-17)13-5-14-27(22)34(30,31)20-8-4-15-33-20/h1-4,6-8,15,18-19,22H,5,9-14,16,24H2,(H,25,28). The van der Waals surface area contributed by atoms with Crippen LogP contribution in [0.3, 0.4) is 0 Å². The van der Waals surface area contributed by atoms with Crippen molar-refractivity contribution in [3.05, 3.63) is 53.4 Å². The molecule has 0 bridgehead atoms. The van der Waals surface area contributed by atoms with Gasteiger partial charge in [-0.2, -0.15) is 4.31 Å². The van der Waals surface area contributed by atoms with Gasteiger partial charge in [-0.15, -0.1) is 11.3 Å². The first-order valence-corrected chi connectivity index (χ1v) is 13.8. The lowest BCUT2D eigenvalue weighted by Gasteiger charge is -2.41. The van der Waals surface area contributed by atoms with Crippen molar-refractivity contribution in [3.8, 4) is 0 Å². The van der Waals surface area contributed by atoms with Gasteiger partial charge >= 0.3 is 6.09 Å². The summed E-state index contributed by atoms with van der Waals surface area (Å²) in [6, 6.07) is 12.4. The third-order valence-corrected chi connectivity index (χ3v) is 9.42. The maximum absolute atomic E-state index is 13.5. The van der Waals surface area contributed by atoms with Crippen molar-refractivity contribution in [2.75, 3.05) is 13.1 Å². The van der Waals surface area contributed by atoms with Gasteiger partial charge in [0.15, 0.2) is 6.17 Å². The number of benzene rings is 1. The van der Waals surface area contributed by atoms with E-state index in [1.165, 1.54) is 11.0 Å². The molecule has 1 saturated carbocycles. The zero-order valence-corrected chi connectivity index (χ0v) is 20.5. The van der Waals surface area contributed by atoms with Crippen molar-refractivity contribution in [3.63, 3.8) is 0 Å². The number of nitrogens with zero attached hydrogens (tertiary/aromatic N) is 2. The van der Waals surface area contributed by atoms with Gasteiger partial charge in [0.1, 0.15) is 10.8 Å². The first-order chi connectivity index (χ1) is 16.4. The highest BCUT2D eigenvalue weighted by molar-refractivity contribution is 7.91. The SMILES string of the molecule is NC1CCC(NC(=O)C2N(C(=O)OCc3ccccc3)CCCN2S(=O)(=O)c2cccs2)CC1. The number of hydrogen-bond donors (Lipinski definition) is 2. The molecule has 2 aliphatic rings. The molecule has 1 aliphatic heterocycles. The predicted octanol–water partition coefficient (Wildman–Crippen LogP) is 2.49. The van der Waals surface area contributed by atoms with E-state index < -0.39 is 28.2 Å². The molecule has 0 spiro atoms. The Hall–Kier alpha value is -2.47. The van der Waals surface area contributed by atoms with Crippen LogP contribution in [0.25, 0.3) is 0 Å². The molecular weight excluding hydrogens is 476 g/mol. The van der Waals surface area contributed by atoms with Crippen molar-refractivity contribution in [1.82, 2.24) is 14.5 Å². The van der Waals surface area contributed by atoms with Gasteiger partial charge in [-0.05, 0) is 49.1 Å². The van der Waals surface area contributed by atoms with Crippen molar-refractivity contribution < 1.29 is 22.7 Å². The second kappa shape index (κ2) is 10.9. The number of amides is 2. The smallest absolute Gasteiger partial charge is 0.411 e. The molecule has 4 rings (SSSR count). The fourth-order valence-corrected chi connectivity index (χ4v) is 7.09. The summed E-state index contributed by atoms with van der Waals surface area (Å²) in [6.45, 7) is 0.386. The van der Waals surface area contributed by atoms with E-state index >= 15 is 0 Å². The summed E-state index contributed by atoms with van der Waals surface area (Å²) in [6.07, 6.45) is 1.37. The van der Waals surface area contributed by atoms with Gasteiger partial charge in [0, 0.05) is 25.2 Å². The highest BCUT2D eigenvalue weighted by Gasteiger charge is 2.45. The summed E-state index contributed by atoms with van der Waals surface area (Å²) in [7, 11) is -3.97. The van der Waals surface area contributed by atoms with E-state index in [1.807, 2.05) is 30.3 Å². The zero-order chi connectivity index (χ0) is 24.1. The van der Waals surface area contributed by atoms with Crippen LogP contribution in [0.2, 0.25) is 0 Å². The molecule has 2 aromatic rings. The average molecular weight is 507 g/mol. The lowest BCUT2D eigenvalue weighted by atomic mass is 9.92. The van der Waals surface area contributed by atoms with E-state index in [1.54, 1.807) is 11.4 Å². The molecule has 0 radical (unpaired) electrons. The Morgan fingerprint density at radius 3 is 2.47 bits per heavy atom. The van der Waals surface area contributed by atoms with Gasteiger partial charge in [-0.25, -0.2) is 13.2 Å². The van der Waals surface area contributed by atoms with Gasteiger partial charge in [-0.1, -0.05) is 36.4 Å². The predicted molar refractivity (Wildman–Crippen MR) is 128 cm³/mol. The number of ether oxygens (including phenoxy) is 1. The van der Waals surface area contributed by atoms with E-state index in [2.05, 4.69) is 5.32 Å². The Morgan fingerprint density at radius 1 is 1.06 bits per heavy atom. The number of rotatable bonds is 6. The molecule has 1 aromatic carbocycles. The minimum absolute atomic E-state index is 0.0305. The van der Waals surface area contributed by atoms with Crippen molar-refractivity contribution in [2.45, 2.75) is 61.2 Å². The normalized spacial score (nSPS) is 23.9. The van der Waals surface area contributed by atoms with E-state index in [0.717, 1.165) is 46.9 Å². The number of nitrogens with two attached hydrogens (primary N) is 1. The van der Waals surface area contributed by atoms with Gasteiger partial charge in [0.05, 0.1) is 0 Å². The Morgan fingerprint density at radius 2 is 1.79 bits per heavy atom. The molecule has 1 aromatic heterocycles. The maximum Gasteiger partial charge on any atom is 0.411 e. The minimum atomic E-state index is -3.97. The van der Waals surface area contributed by atoms with Crippen LogP contribution < -0.4 is 11.1 Å². The summed E-state index contributed by atoms with van der Waals surface area (Å²) in [4.78, 5) is 27.8. The van der Waals surface area contributed by atoms with Crippen LogP contribution in [0.1, 0.15) is 37.7 Å². The molecule has 1 unspecified atom stereocenters. The van der Waals surface area contributed by atoms with Crippen LogP contribution in [0, 0.1) is 0 Å². The summed E-state index contributed by atoms with van der Waals surface area (Å²) in [5.41, 5.74) is 6.78. The summed E-state index contributed by atoms with van der Waals surface area (Å²) >= 11 is 1.08. The maximum atomic E-state index is 13.5. The van der Waals surface area contributed by atoms with Gasteiger partial charge < -0.3 is 15.8 Å². The molecule has 11 heteroatoms. The molecule has 2 heterocycles. The van der Waals surface area contributed by atoms with Crippen LogP contribution in [-0.4, -0.2) is 61.0 Å². The van der Waals surface area contributed by atoms with Crippen molar-refractivity contribution in [1.29, 1.82) is 0 Å². The Balaban J connectivity index is 1.56. The van der Waals surface area contributed by atoms with Gasteiger partial charge in [-0.3, -0.25) is 9.69 Å². The lowest BCUT2D eigenvalue weighted by molar-refractivity contribution is -0.132. The second-order valence-electron chi connectivity index (χ2n) is 8.63. The number of carbonyl (C=O) groups excluding carboxylic acids is 2. The fraction of sp³-hybridized carbons (Fsp3) is 0.478. The van der Waals surface area contributed by atoms with E-state index in [0.29, 0.717) is 6.42 Å². The highest BCUT2D eigenvalue weighted by atomic mass is 32.2. The number of carbonyl (C=O) groups is 2. The first-order valence-electron chi connectivity index (χ1n) is 11.4. The number of hydrogen-bond acceptors (Lipinski definition) is 7. The molecule has 1 saturated heterocycles. The Bertz CT molecular complexity index is 1070. The van der Waals surface area contributed by atoms with Crippen LogP contribution >= 0.6 is 11.3 Å². The van der Waals surface area contributed by atoms with Crippen molar-refractivity contribution >= 4 is 33.4 Å². The first kappa shape index (κ1) is 24.6. The Labute approximate surface area is 203 Å². The quantitative estimate of drug-likeness (QED) is 0.621. The number of thiophene rings is 1. The Kier molecular flexibility index (Phi) is 7.87. The van der Waals surface area contributed by atoms with Crippen LogP contribution in [0.15, 0.2) is 52.1 Å². The molecule has 3 N–H and O–H groups in total. The summed E-state index contributed by atoms with van der Waals surface area (Å²) in [5.74, 6) is -0.517. The van der Waals surface area contributed by atoms with Crippen LogP contribution in [0.5, 0.6) is 0 Å². The summed E-state index contributed by atoms with van der Waals surface area (Å²) < 4.78 is 33.5. The topological polar surface area (TPSA) is 122 Å².